The molecule has 2 rings (SSSR count). The SMILES string of the molecule is COc1cccc(Oc2ccc(C(=O)NC(C)C#N)cc2)c1. The van der Waals surface area contributed by atoms with Gasteiger partial charge in [-0.05, 0) is 43.3 Å². The lowest BCUT2D eigenvalue weighted by Crippen LogP contribution is -2.31. The van der Waals surface area contributed by atoms with E-state index in [2.05, 4.69) is 5.32 Å². The molecule has 5 nitrogen and oxygen atoms in total. The highest BCUT2D eigenvalue weighted by Gasteiger charge is 2.09. The van der Waals surface area contributed by atoms with E-state index in [1.165, 1.54) is 0 Å². The van der Waals surface area contributed by atoms with Crippen LogP contribution in [0.25, 0.3) is 0 Å². The fraction of sp³-hybridized carbons (Fsp3) is 0.176. The smallest absolute Gasteiger partial charge is 0.252 e. The first-order chi connectivity index (χ1) is 10.6. The van der Waals surface area contributed by atoms with Crippen molar-refractivity contribution in [1.82, 2.24) is 5.32 Å². The van der Waals surface area contributed by atoms with Crippen LogP contribution in [-0.2, 0) is 0 Å². The van der Waals surface area contributed by atoms with E-state index in [-0.39, 0.29) is 5.91 Å². The highest BCUT2D eigenvalue weighted by molar-refractivity contribution is 5.94. The predicted octanol–water partition coefficient (Wildman–Crippen LogP) is 3.13. The molecule has 112 valence electrons. The average molecular weight is 296 g/mol. The Balaban J connectivity index is 2.05. The number of nitriles is 1. The van der Waals surface area contributed by atoms with Gasteiger partial charge in [-0.1, -0.05) is 6.07 Å². The van der Waals surface area contributed by atoms with Gasteiger partial charge in [-0.3, -0.25) is 4.79 Å². The van der Waals surface area contributed by atoms with E-state index in [0.29, 0.717) is 22.8 Å². The molecule has 0 saturated carbocycles. The summed E-state index contributed by atoms with van der Waals surface area (Å²) < 4.78 is 10.8. The third-order valence-electron chi connectivity index (χ3n) is 2.93. The zero-order chi connectivity index (χ0) is 15.9. The van der Waals surface area contributed by atoms with Crippen molar-refractivity contribution in [3.63, 3.8) is 0 Å². The number of ether oxygens (including phenoxy) is 2. The van der Waals surface area contributed by atoms with Gasteiger partial charge in [-0.2, -0.15) is 5.26 Å². The van der Waals surface area contributed by atoms with Crippen molar-refractivity contribution in [2.24, 2.45) is 0 Å². The maximum Gasteiger partial charge on any atom is 0.252 e. The number of benzene rings is 2. The predicted molar refractivity (Wildman–Crippen MR) is 82.1 cm³/mol. The largest absolute Gasteiger partial charge is 0.497 e. The monoisotopic (exact) mass is 296 g/mol. The van der Waals surface area contributed by atoms with Gasteiger partial charge in [0.25, 0.3) is 5.91 Å². The molecule has 1 amide bonds. The molecule has 0 aliphatic carbocycles. The summed E-state index contributed by atoms with van der Waals surface area (Å²) in [7, 11) is 1.59. The van der Waals surface area contributed by atoms with E-state index in [0.717, 1.165) is 0 Å². The molecular formula is C17H16N2O3. The molecule has 0 saturated heterocycles. The topological polar surface area (TPSA) is 71.3 Å². The number of amides is 1. The van der Waals surface area contributed by atoms with Crippen molar-refractivity contribution in [3.05, 3.63) is 54.1 Å². The molecule has 0 fully saturated rings. The number of methoxy groups -OCH3 is 1. The molecule has 0 aromatic heterocycles. The molecule has 22 heavy (non-hydrogen) atoms. The number of hydrogen-bond donors (Lipinski definition) is 1. The van der Waals surface area contributed by atoms with E-state index in [1.54, 1.807) is 44.4 Å². The Labute approximate surface area is 129 Å². The van der Waals surface area contributed by atoms with E-state index >= 15 is 0 Å². The molecule has 1 N–H and O–H groups in total. The molecular weight excluding hydrogens is 280 g/mol. The Hall–Kier alpha value is -3.00. The highest BCUT2D eigenvalue weighted by Crippen LogP contribution is 2.25. The summed E-state index contributed by atoms with van der Waals surface area (Å²) in [5, 5.41) is 11.3. The molecule has 0 aliphatic rings. The van der Waals surface area contributed by atoms with Gasteiger partial charge in [0.2, 0.25) is 0 Å². The van der Waals surface area contributed by atoms with Crippen LogP contribution in [0.5, 0.6) is 17.2 Å². The minimum Gasteiger partial charge on any atom is -0.497 e. The number of rotatable bonds is 5. The summed E-state index contributed by atoms with van der Waals surface area (Å²) in [4.78, 5) is 11.8. The van der Waals surface area contributed by atoms with Crippen LogP contribution in [-0.4, -0.2) is 19.1 Å². The van der Waals surface area contributed by atoms with Crippen LogP contribution < -0.4 is 14.8 Å². The normalized spacial score (nSPS) is 11.1. The molecule has 5 heteroatoms. The molecule has 1 unspecified atom stereocenters. The summed E-state index contributed by atoms with van der Waals surface area (Å²) in [5.74, 6) is 1.67. The summed E-state index contributed by atoms with van der Waals surface area (Å²) in [6.45, 7) is 1.62. The first-order valence-electron chi connectivity index (χ1n) is 6.75. The second-order valence-corrected chi connectivity index (χ2v) is 4.63. The Bertz CT molecular complexity index is 690. The van der Waals surface area contributed by atoms with Gasteiger partial charge in [0, 0.05) is 11.6 Å². The summed E-state index contributed by atoms with van der Waals surface area (Å²) in [5.41, 5.74) is 0.472. The summed E-state index contributed by atoms with van der Waals surface area (Å²) in [6.07, 6.45) is 0. The number of nitrogens with one attached hydrogen (secondary N) is 1. The Morgan fingerprint density at radius 1 is 1.14 bits per heavy atom. The molecule has 0 spiro atoms. The lowest BCUT2D eigenvalue weighted by molar-refractivity contribution is 0.0948. The summed E-state index contributed by atoms with van der Waals surface area (Å²) >= 11 is 0. The van der Waals surface area contributed by atoms with Crippen molar-refractivity contribution >= 4 is 5.91 Å². The average Bonchev–Trinajstić information content (AvgIpc) is 2.55. The van der Waals surface area contributed by atoms with E-state index in [9.17, 15) is 4.79 Å². The van der Waals surface area contributed by atoms with Crippen LogP contribution in [0.1, 0.15) is 17.3 Å². The van der Waals surface area contributed by atoms with Crippen LogP contribution >= 0.6 is 0 Å². The molecule has 2 aromatic rings. The fourth-order valence-corrected chi connectivity index (χ4v) is 1.79. The van der Waals surface area contributed by atoms with Crippen molar-refractivity contribution < 1.29 is 14.3 Å². The summed E-state index contributed by atoms with van der Waals surface area (Å²) in [6, 6.07) is 15.4. The van der Waals surface area contributed by atoms with Crippen molar-refractivity contribution in [2.75, 3.05) is 7.11 Å². The molecule has 2 aromatic carbocycles. The first-order valence-corrected chi connectivity index (χ1v) is 6.75. The second kappa shape index (κ2) is 7.14. The van der Waals surface area contributed by atoms with Crippen LogP contribution in [0, 0.1) is 11.3 Å². The minimum absolute atomic E-state index is 0.290. The lowest BCUT2D eigenvalue weighted by Gasteiger charge is -2.09. The number of carbonyl (C=O) groups excluding carboxylic acids is 1. The molecule has 0 heterocycles. The Kier molecular flexibility index (Phi) is 4.99. The number of carbonyl (C=O) groups is 1. The maximum atomic E-state index is 11.8. The van der Waals surface area contributed by atoms with Gasteiger partial charge >= 0.3 is 0 Å². The van der Waals surface area contributed by atoms with E-state index < -0.39 is 6.04 Å². The van der Waals surface area contributed by atoms with Gasteiger partial charge in [0.05, 0.1) is 13.2 Å². The van der Waals surface area contributed by atoms with Crippen molar-refractivity contribution in [3.8, 4) is 23.3 Å². The van der Waals surface area contributed by atoms with Gasteiger partial charge in [0.15, 0.2) is 0 Å². The van der Waals surface area contributed by atoms with Crippen molar-refractivity contribution in [1.29, 1.82) is 5.26 Å². The third-order valence-corrected chi connectivity index (χ3v) is 2.93. The molecule has 0 aliphatic heterocycles. The second-order valence-electron chi connectivity index (χ2n) is 4.63. The zero-order valence-electron chi connectivity index (χ0n) is 12.4. The quantitative estimate of drug-likeness (QED) is 0.920. The molecule has 0 bridgehead atoms. The van der Waals surface area contributed by atoms with Crippen LogP contribution in [0.2, 0.25) is 0 Å². The van der Waals surface area contributed by atoms with Crippen LogP contribution in [0.3, 0.4) is 0 Å². The Morgan fingerprint density at radius 2 is 1.82 bits per heavy atom. The molecule has 1 atom stereocenters. The van der Waals surface area contributed by atoms with E-state index in [1.807, 2.05) is 24.3 Å². The first kappa shape index (κ1) is 15.4. The molecule has 0 radical (unpaired) electrons. The third kappa shape index (κ3) is 4.00. The number of nitrogens with zero attached hydrogens (tertiary/aromatic N) is 1. The van der Waals surface area contributed by atoms with Gasteiger partial charge < -0.3 is 14.8 Å². The maximum absolute atomic E-state index is 11.8. The van der Waals surface area contributed by atoms with Gasteiger partial charge in [0.1, 0.15) is 23.3 Å². The van der Waals surface area contributed by atoms with Gasteiger partial charge in [-0.15, -0.1) is 0 Å². The lowest BCUT2D eigenvalue weighted by atomic mass is 10.2. The minimum atomic E-state index is -0.528. The standard InChI is InChI=1S/C17H16N2O3/c1-12(11-18)19-17(20)13-6-8-14(9-7-13)22-16-5-3-4-15(10-16)21-2/h3-10,12H,1-2H3,(H,19,20). The van der Waals surface area contributed by atoms with E-state index in [4.69, 9.17) is 14.7 Å². The van der Waals surface area contributed by atoms with Crippen molar-refractivity contribution in [2.45, 2.75) is 13.0 Å². The van der Waals surface area contributed by atoms with Gasteiger partial charge in [-0.25, -0.2) is 0 Å². The highest BCUT2D eigenvalue weighted by atomic mass is 16.5. The van der Waals surface area contributed by atoms with Crippen LogP contribution in [0.15, 0.2) is 48.5 Å². The zero-order valence-corrected chi connectivity index (χ0v) is 12.4. The fourth-order valence-electron chi connectivity index (χ4n) is 1.79. The number of hydrogen-bond acceptors (Lipinski definition) is 4. The van der Waals surface area contributed by atoms with Crippen LogP contribution in [0.4, 0.5) is 0 Å². The Morgan fingerprint density at radius 3 is 2.45 bits per heavy atom.